The number of nitrogens with zero attached hydrogens (tertiary/aromatic N) is 1. The minimum atomic E-state index is 0.533. The number of benzene rings is 1. The Hall–Kier alpha value is -1.00. The molecular weight excluding hydrogens is 274 g/mol. The molecule has 0 bridgehead atoms. The fourth-order valence-corrected chi connectivity index (χ4v) is 2.79. The molecule has 15 heavy (non-hydrogen) atoms. The normalized spacial score (nSPS) is 10.3. The molecule has 0 aliphatic heterocycles. The van der Waals surface area contributed by atoms with E-state index in [1.165, 1.54) is 11.3 Å². The first-order chi connectivity index (χ1) is 7.22. The molecule has 76 valence electrons. The molecule has 2 aromatic rings. The molecule has 0 N–H and O–H groups in total. The highest BCUT2D eigenvalue weighted by molar-refractivity contribution is 9.10. The van der Waals surface area contributed by atoms with Crippen LogP contribution in [-0.4, -0.2) is 11.3 Å². The molecule has 1 aromatic carbocycles. The lowest BCUT2D eigenvalue weighted by atomic mass is 10.2. The number of hydrogen-bond donors (Lipinski definition) is 0. The lowest BCUT2D eigenvalue weighted by Crippen LogP contribution is -1.82. The fraction of sp³-hybridized carbons (Fsp3) is 0.0909. The van der Waals surface area contributed by atoms with Crippen LogP contribution in [0.4, 0.5) is 0 Å². The maximum atomic E-state index is 10.7. The van der Waals surface area contributed by atoms with Gasteiger partial charge >= 0.3 is 0 Å². The maximum Gasteiger partial charge on any atom is 0.169 e. The predicted molar refractivity (Wildman–Crippen MR) is 65.4 cm³/mol. The first-order valence-corrected chi connectivity index (χ1v) is 6.01. The van der Waals surface area contributed by atoms with E-state index < -0.39 is 0 Å². The zero-order chi connectivity index (χ0) is 10.8. The summed E-state index contributed by atoms with van der Waals surface area (Å²) in [6, 6.07) is 7.86. The quantitative estimate of drug-likeness (QED) is 0.786. The van der Waals surface area contributed by atoms with Gasteiger partial charge in [-0.1, -0.05) is 34.1 Å². The Kier molecular flexibility index (Phi) is 2.98. The van der Waals surface area contributed by atoms with Crippen LogP contribution in [0, 0.1) is 6.92 Å². The number of aryl methyl sites for hydroxylation is 1. The molecule has 0 atom stereocenters. The molecule has 0 spiro atoms. The Bertz CT molecular complexity index is 507. The fourth-order valence-electron chi connectivity index (χ4n) is 1.27. The molecule has 0 radical (unpaired) electrons. The van der Waals surface area contributed by atoms with E-state index >= 15 is 0 Å². The van der Waals surface area contributed by atoms with Crippen molar-refractivity contribution in [1.29, 1.82) is 0 Å². The van der Waals surface area contributed by atoms with E-state index in [0.717, 1.165) is 26.2 Å². The topological polar surface area (TPSA) is 30.0 Å². The van der Waals surface area contributed by atoms with Gasteiger partial charge in [-0.15, -0.1) is 11.3 Å². The average molecular weight is 282 g/mol. The van der Waals surface area contributed by atoms with Gasteiger partial charge in [-0.2, -0.15) is 0 Å². The van der Waals surface area contributed by atoms with Gasteiger partial charge in [0.1, 0.15) is 10.7 Å². The summed E-state index contributed by atoms with van der Waals surface area (Å²) in [5.41, 5.74) is 1.56. The van der Waals surface area contributed by atoms with Crippen molar-refractivity contribution in [2.75, 3.05) is 0 Å². The largest absolute Gasteiger partial charge is 0.296 e. The van der Waals surface area contributed by atoms with Crippen LogP contribution < -0.4 is 0 Å². The maximum absolute atomic E-state index is 10.7. The predicted octanol–water partition coefficient (Wildman–Crippen LogP) is 3.69. The summed E-state index contributed by atoms with van der Waals surface area (Å²) in [4.78, 5) is 15.9. The molecule has 0 aliphatic carbocycles. The summed E-state index contributed by atoms with van der Waals surface area (Å²) in [5, 5.41) is 0.877. The molecule has 1 aromatic heterocycles. The van der Waals surface area contributed by atoms with E-state index in [1.54, 1.807) is 0 Å². The van der Waals surface area contributed by atoms with E-state index in [-0.39, 0.29) is 0 Å². The van der Waals surface area contributed by atoms with Crippen molar-refractivity contribution in [3.63, 3.8) is 0 Å². The second kappa shape index (κ2) is 4.24. The second-order valence-corrected chi connectivity index (χ2v) is 5.12. The van der Waals surface area contributed by atoms with Crippen LogP contribution in [0.15, 0.2) is 28.7 Å². The van der Waals surface area contributed by atoms with Crippen molar-refractivity contribution in [3.8, 4) is 10.6 Å². The molecule has 0 amide bonds. The zero-order valence-corrected chi connectivity index (χ0v) is 10.4. The number of carbonyl (C=O) groups is 1. The van der Waals surface area contributed by atoms with Crippen molar-refractivity contribution in [3.05, 3.63) is 39.3 Å². The van der Waals surface area contributed by atoms with E-state index in [2.05, 4.69) is 20.9 Å². The molecule has 1 heterocycles. The van der Waals surface area contributed by atoms with Crippen LogP contribution in [0.5, 0.6) is 0 Å². The van der Waals surface area contributed by atoms with E-state index in [9.17, 15) is 4.79 Å². The van der Waals surface area contributed by atoms with Crippen LogP contribution in [0.25, 0.3) is 10.6 Å². The van der Waals surface area contributed by atoms with E-state index in [0.29, 0.717) is 5.69 Å². The summed E-state index contributed by atoms with van der Waals surface area (Å²) in [7, 11) is 0. The summed E-state index contributed by atoms with van der Waals surface area (Å²) in [6.45, 7) is 1.90. The van der Waals surface area contributed by atoms with Gasteiger partial charge in [0.15, 0.2) is 6.29 Å². The molecule has 0 fully saturated rings. The number of hydrogen-bond acceptors (Lipinski definition) is 3. The Labute approximate surface area is 100 Å². The summed E-state index contributed by atoms with van der Waals surface area (Å²) in [6.07, 6.45) is 0.798. The van der Waals surface area contributed by atoms with Crippen LogP contribution >= 0.6 is 27.3 Å². The lowest BCUT2D eigenvalue weighted by molar-refractivity contribution is 0.111. The third-order valence-electron chi connectivity index (χ3n) is 2.05. The van der Waals surface area contributed by atoms with Gasteiger partial charge in [0.05, 0.1) is 0 Å². The van der Waals surface area contributed by atoms with Gasteiger partial charge in [-0.3, -0.25) is 4.79 Å². The molecule has 0 saturated carbocycles. The van der Waals surface area contributed by atoms with Gasteiger partial charge < -0.3 is 0 Å². The van der Waals surface area contributed by atoms with Crippen LogP contribution in [0.1, 0.15) is 15.4 Å². The average Bonchev–Trinajstić information content (AvgIpc) is 2.60. The number of aromatic nitrogens is 1. The molecule has 0 aliphatic rings. The van der Waals surface area contributed by atoms with Gasteiger partial charge in [0, 0.05) is 14.9 Å². The number of thiazole rings is 1. The first-order valence-electron chi connectivity index (χ1n) is 4.40. The minimum Gasteiger partial charge on any atom is -0.296 e. The van der Waals surface area contributed by atoms with Crippen molar-refractivity contribution in [2.45, 2.75) is 6.92 Å². The first kappa shape index (κ1) is 10.5. The minimum absolute atomic E-state index is 0.533. The molecular formula is C11H8BrNOS. The number of aldehydes is 1. The molecule has 2 nitrogen and oxygen atoms in total. The Morgan fingerprint density at radius 1 is 1.40 bits per heavy atom. The van der Waals surface area contributed by atoms with E-state index in [4.69, 9.17) is 0 Å². The second-order valence-electron chi connectivity index (χ2n) is 3.06. The Morgan fingerprint density at radius 2 is 2.13 bits per heavy atom. The number of halogens is 1. The number of carbonyl (C=O) groups excluding carboxylic acids is 1. The Balaban J connectivity index is 2.55. The highest BCUT2D eigenvalue weighted by Crippen LogP contribution is 2.32. The standard InChI is InChI=1S/C11H8BrNOS/c1-7-10(6-14)13-11(15-7)8-4-2-3-5-9(8)12/h2-6H,1H3. The summed E-state index contributed by atoms with van der Waals surface area (Å²) >= 11 is 5.00. The summed E-state index contributed by atoms with van der Waals surface area (Å²) in [5.74, 6) is 0. The third kappa shape index (κ3) is 2.01. The SMILES string of the molecule is Cc1sc(-c2ccccc2Br)nc1C=O. The van der Waals surface area contributed by atoms with Gasteiger partial charge in [-0.05, 0) is 13.0 Å². The van der Waals surface area contributed by atoms with Crippen molar-refractivity contribution in [1.82, 2.24) is 4.98 Å². The lowest BCUT2D eigenvalue weighted by Gasteiger charge is -1.98. The van der Waals surface area contributed by atoms with Gasteiger partial charge in [-0.25, -0.2) is 4.98 Å². The van der Waals surface area contributed by atoms with Gasteiger partial charge in [0.2, 0.25) is 0 Å². The molecule has 4 heteroatoms. The summed E-state index contributed by atoms with van der Waals surface area (Å²) < 4.78 is 0.996. The monoisotopic (exact) mass is 281 g/mol. The van der Waals surface area contributed by atoms with E-state index in [1.807, 2.05) is 31.2 Å². The number of rotatable bonds is 2. The highest BCUT2D eigenvalue weighted by atomic mass is 79.9. The third-order valence-corrected chi connectivity index (χ3v) is 3.76. The van der Waals surface area contributed by atoms with Crippen molar-refractivity contribution < 1.29 is 4.79 Å². The smallest absolute Gasteiger partial charge is 0.169 e. The zero-order valence-electron chi connectivity index (χ0n) is 8.03. The van der Waals surface area contributed by atoms with Crippen LogP contribution in [0.3, 0.4) is 0 Å². The van der Waals surface area contributed by atoms with Crippen molar-refractivity contribution in [2.24, 2.45) is 0 Å². The molecule has 2 rings (SSSR count). The van der Waals surface area contributed by atoms with Crippen LogP contribution in [-0.2, 0) is 0 Å². The Morgan fingerprint density at radius 3 is 2.73 bits per heavy atom. The van der Waals surface area contributed by atoms with Crippen molar-refractivity contribution >= 4 is 33.6 Å². The highest BCUT2D eigenvalue weighted by Gasteiger charge is 2.10. The van der Waals surface area contributed by atoms with Crippen LogP contribution in [0.2, 0.25) is 0 Å². The molecule has 0 saturated heterocycles. The molecule has 0 unspecified atom stereocenters. The van der Waals surface area contributed by atoms with Gasteiger partial charge in [0.25, 0.3) is 0 Å².